The van der Waals surface area contributed by atoms with E-state index in [0.717, 1.165) is 44.8 Å². The Morgan fingerprint density at radius 3 is 2.44 bits per heavy atom. The normalized spacial score (nSPS) is 18.1. The summed E-state index contributed by atoms with van der Waals surface area (Å²) in [5.74, 6) is 0.671. The first-order chi connectivity index (χ1) is 8.69. The van der Waals surface area contributed by atoms with E-state index in [9.17, 15) is 0 Å². The first-order valence-electron chi connectivity index (χ1n) is 6.11. The zero-order valence-corrected chi connectivity index (χ0v) is 10.4. The number of rotatable bonds is 4. The van der Waals surface area contributed by atoms with Gasteiger partial charge in [0, 0.05) is 51.0 Å². The van der Waals surface area contributed by atoms with Crippen molar-refractivity contribution in [3.63, 3.8) is 0 Å². The number of aliphatic hydroxyl groups is 1. The predicted molar refractivity (Wildman–Crippen MR) is 69.7 cm³/mol. The number of nitrogens with two attached hydrogens (primary N) is 2. The van der Waals surface area contributed by atoms with Gasteiger partial charge in [-0.25, -0.2) is 4.98 Å². The second-order valence-corrected chi connectivity index (χ2v) is 4.48. The topological polar surface area (TPSA) is 105 Å². The van der Waals surface area contributed by atoms with E-state index in [1.165, 1.54) is 0 Å². The summed E-state index contributed by atoms with van der Waals surface area (Å²) in [5, 5.41) is 8.88. The van der Waals surface area contributed by atoms with Gasteiger partial charge in [-0.1, -0.05) is 0 Å². The molecule has 0 aromatic carbocycles. The molecule has 0 amide bonds. The van der Waals surface area contributed by atoms with Crippen molar-refractivity contribution in [1.29, 1.82) is 0 Å². The van der Waals surface area contributed by atoms with Crippen molar-refractivity contribution in [2.24, 2.45) is 0 Å². The standard InChI is InChI=1S/C11H20N6O/c12-10-9(7-14-11(13)15-10)8-17-3-1-16(2-4-17)5-6-18/h7,18H,1-6,8H2,(H4,12,13,14,15). The minimum atomic E-state index is 0.212. The first kappa shape index (κ1) is 13.0. The third-order valence-corrected chi connectivity index (χ3v) is 3.19. The van der Waals surface area contributed by atoms with Crippen LogP contribution >= 0.6 is 0 Å². The number of aliphatic hydroxyl groups excluding tert-OH is 1. The Balaban J connectivity index is 1.87. The monoisotopic (exact) mass is 252 g/mol. The van der Waals surface area contributed by atoms with Gasteiger partial charge in [-0.3, -0.25) is 9.80 Å². The van der Waals surface area contributed by atoms with Gasteiger partial charge in [-0.15, -0.1) is 0 Å². The largest absolute Gasteiger partial charge is 0.395 e. The summed E-state index contributed by atoms with van der Waals surface area (Å²) in [6.07, 6.45) is 1.69. The van der Waals surface area contributed by atoms with Gasteiger partial charge in [0.05, 0.1) is 6.61 Å². The molecule has 0 bridgehead atoms. The molecule has 0 atom stereocenters. The van der Waals surface area contributed by atoms with Gasteiger partial charge < -0.3 is 16.6 Å². The van der Waals surface area contributed by atoms with E-state index in [1.807, 2.05) is 0 Å². The molecule has 1 aromatic heterocycles. The summed E-state index contributed by atoms with van der Waals surface area (Å²) in [6, 6.07) is 0. The Bertz CT molecular complexity index is 391. The molecule has 0 unspecified atom stereocenters. The second kappa shape index (κ2) is 5.94. The number of hydrogen-bond acceptors (Lipinski definition) is 7. The van der Waals surface area contributed by atoms with Crippen LogP contribution in [0.1, 0.15) is 5.56 Å². The molecule has 1 aromatic rings. The van der Waals surface area contributed by atoms with Crippen LogP contribution in [0.3, 0.4) is 0 Å². The molecule has 18 heavy (non-hydrogen) atoms. The van der Waals surface area contributed by atoms with E-state index in [2.05, 4.69) is 19.8 Å². The smallest absolute Gasteiger partial charge is 0.221 e. The Hall–Kier alpha value is -1.44. The van der Waals surface area contributed by atoms with Crippen LogP contribution in [0, 0.1) is 0 Å². The molecule has 0 radical (unpaired) electrons. The van der Waals surface area contributed by atoms with E-state index >= 15 is 0 Å². The molecule has 1 aliphatic heterocycles. The van der Waals surface area contributed by atoms with Crippen LogP contribution in [0.5, 0.6) is 0 Å². The van der Waals surface area contributed by atoms with Crippen molar-refractivity contribution < 1.29 is 5.11 Å². The maximum atomic E-state index is 8.88. The number of piperazine rings is 1. The van der Waals surface area contributed by atoms with Gasteiger partial charge in [-0.2, -0.15) is 4.98 Å². The highest BCUT2D eigenvalue weighted by molar-refractivity contribution is 5.41. The average molecular weight is 252 g/mol. The molecule has 7 heteroatoms. The fourth-order valence-electron chi connectivity index (χ4n) is 2.11. The molecule has 7 nitrogen and oxygen atoms in total. The van der Waals surface area contributed by atoms with Crippen molar-refractivity contribution in [2.45, 2.75) is 6.54 Å². The molecule has 100 valence electrons. The zero-order valence-electron chi connectivity index (χ0n) is 10.4. The molecular weight excluding hydrogens is 232 g/mol. The molecule has 1 aliphatic rings. The fourth-order valence-corrected chi connectivity index (χ4v) is 2.11. The van der Waals surface area contributed by atoms with Crippen LogP contribution < -0.4 is 11.5 Å². The molecule has 0 saturated carbocycles. The van der Waals surface area contributed by atoms with Crippen molar-refractivity contribution in [3.05, 3.63) is 11.8 Å². The van der Waals surface area contributed by atoms with E-state index in [4.69, 9.17) is 16.6 Å². The molecule has 0 spiro atoms. The molecule has 2 heterocycles. The minimum absolute atomic E-state index is 0.212. The lowest BCUT2D eigenvalue weighted by atomic mass is 10.2. The number of aromatic nitrogens is 2. The summed E-state index contributed by atoms with van der Waals surface area (Å²) < 4.78 is 0. The summed E-state index contributed by atoms with van der Waals surface area (Å²) in [5.41, 5.74) is 12.2. The SMILES string of the molecule is Nc1ncc(CN2CCN(CCO)CC2)c(N)n1. The first-order valence-corrected chi connectivity index (χ1v) is 6.11. The Kier molecular flexibility index (Phi) is 4.29. The van der Waals surface area contributed by atoms with Crippen LogP contribution in [-0.4, -0.2) is 64.2 Å². The van der Waals surface area contributed by atoms with Crippen LogP contribution in [0.4, 0.5) is 11.8 Å². The van der Waals surface area contributed by atoms with E-state index < -0.39 is 0 Å². The minimum Gasteiger partial charge on any atom is -0.395 e. The highest BCUT2D eigenvalue weighted by Gasteiger charge is 2.17. The molecular formula is C11H20N6O. The lowest BCUT2D eigenvalue weighted by Crippen LogP contribution is -2.46. The van der Waals surface area contributed by atoms with Gasteiger partial charge in [0.2, 0.25) is 5.95 Å². The lowest BCUT2D eigenvalue weighted by Gasteiger charge is -2.34. The fraction of sp³-hybridized carbons (Fsp3) is 0.636. The number of anilines is 2. The third-order valence-electron chi connectivity index (χ3n) is 3.19. The summed E-state index contributed by atoms with van der Waals surface area (Å²) in [4.78, 5) is 12.5. The van der Waals surface area contributed by atoms with Crippen LogP contribution in [0.2, 0.25) is 0 Å². The van der Waals surface area contributed by atoms with Crippen molar-refractivity contribution in [3.8, 4) is 0 Å². The average Bonchev–Trinajstić information content (AvgIpc) is 2.35. The third kappa shape index (κ3) is 3.28. The van der Waals surface area contributed by atoms with Gasteiger partial charge in [0.15, 0.2) is 0 Å². The Morgan fingerprint density at radius 2 is 1.83 bits per heavy atom. The Morgan fingerprint density at radius 1 is 1.17 bits per heavy atom. The van der Waals surface area contributed by atoms with Crippen molar-refractivity contribution in [1.82, 2.24) is 19.8 Å². The maximum absolute atomic E-state index is 8.88. The second-order valence-electron chi connectivity index (χ2n) is 4.48. The number of nitrogen functional groups attached to an aromatic ring is 2. The van der Waals surface area contributed by atoms with Gasteiger partial charge >= 0.3 is 0 Å². The number of hydrogen-bond donors (Lipinski definition) is 3. The van der Waals surface area contributed by atoms with E-state index in [1.54, 1.807) is 6.20 Å². The summed E-state index contributed by atoms with van der Waals surface area (Å²) >= 11 is 0. The lowest BCUT2D eigenvalue weighted by molar-refractivity contribution is 0.108. The quantitative estimate of drug-likeness (QED) is 0.615. The summed E-state index contributed by atoms with van der Waals surface area (Å²) in [6.45, 7) is 5.58. The summed E-state index contributed by atoms with van der Waals surface area (Å²) in [7, 11) is 0. The van der Waals surface area contributed by atoms with E-state index in [0.29, 0.717) is 5.82 Å². The van der Waals surface area contributed by atoms with Gasteiger partial charge in [0.25, 0.3) is 0 Å². The maximum Gasteiger partial charge on any atom is 0.221 e. The van der Waals surface area contributed by atoms with Crippen molar-refractivity contribution in [2.75, 3.05) is 50.8 Å². The molecule has 5 N–H and O–H groups in total. The highest BCUT2D eigenvalue weighted by atomic mass is 16.3. The molecule has 1 fully saturated rings. The van der Waals surface area contributed by atoms with Crippen molar-refractivity contribution >= 4 is 11.8 Å². The number of β-amino-alcohol motifs (C(OH)–C–C–N with tert-alkyl or cyclic N) is 1. The van der Waals surface area contributed by atoms with Crippen LogP contribution in [0.15, 0.2) is 6.20 Å². The zero-order chi connectivity index (χ0) is 13.0. The van der Waals surface area contributed by atoms with Crippen LogP contribution in [-0.2, 0) is 6.54 Å². The molecule has 2 rings (SSSR count). The predicted octanol–water partition coefficient (Wildman–Crippen LogP) is -1.25. The van der Waals surface area contributed by atoms with E-state index in [-0.39, 0.29) is 12.6 Å². The highest BCUT2D eigenvalue weighted by Crippen LogP contribution is 2.13. The van der Waals surface area contributed by atoms with Crippen LogP contribution in [0.25, 0.3) is 0 Å². The number of nitrogens with zero attached hydrogens (tertiary/aromatic N) is 4. The molecule has 0 aliphatic carbocycles. The van der Waals surface area contributed by atoms with Gasteiger partial charge in [-0.05, 0) is 0 Å². The molecule has 1 saturated heterocycles. The van der Waals surface area contributed by atoms with Gasteiger partial charge in [0.1, 0.15) is 5.82 Å². The Labute approximate surface area is 106 Å².